The summed E-state index contributed by atoms with van der Waals surface area (Å²) in [6, 6.07) is 7.73. The van der Waals surface area contributed by atoms with E-state index in [-0.39, 0.29) is 24.1 Å². The fourth-order valence-electron chi connectivity index (χ4n) is 2.67. The van der Waals surface area contributed by atoms with Gasteiger partial charge in [0.2, 0.25) is 5.92 Å². The molecule has 0 amide bonds. The Morgan fingerprint density at radius 1 is 1.32 bits per heavy atom. The second-order valence-electron chi connectivity index (χ2n) is 5.23. The van der Waals surface area contributed by atoms with Gasteiger partial charge < -0.3 is 4.74 Å². The Labute approximate surface area is 117 Å². The molecule has 0 heterocycles. The largest absolute Gasteiger partial charge is 0.496 e. The number of benzene rings is 1. The molecule has 106 valence electrons. The van der Waals surface area contributed by atoms with Crippen molar-refractivity contribution in [1.82, 2.24) is 0 Å². The van der Waals surface area contributed by atoms with Crippen molar-refractivity contribution in [3.05, 3.63) is 29.8 Å². The Balaban J connectivity index is 1.96. The van der Waals surface area contributed by atoms with Gasteiger partial charge in [0, 0.05) is 18.2 Å². The maximum Gasteiger partial charge on any atom is 0.248 e. The number of halogens is 3. The third kappa shape index (κ3) is 3.82. The molecule has 1 aromatic rings. The first-order valence-corrected chi connectivity index (χ1v) is 7.09. The first-order chi connectivity index (χ1) is 9.02. The second-order valence-corrected chi connectivity index (χ2v) is 5.79. The van der Waals surface area contributed by atoms with E-state index in [2.05, 4.69) is 0 Å². The first-order valence-electron chi connectivity index (χ1n) is 6.65. The van der Waals surface area contributed by atoms with Crippen LogP contribution in [0.1, 0.15) is 31.2 Å². The molecule has 2 rings (SSSR count). The van der Waals surface area contributed by atoms with Crippen LogP contribution in [-0.4, -0.2) is 18.4 Å². The van der Waals surface area contributed by atoms with E-state index in [1.54, 1.807) is 7.11 Å². The van der Waals surface area contributed by atoms with Crippen molar-refractivity contribution in [3.8, 4) is 5.75 Å². The van der Waals surface area contributed by atoms with E-state index in [0.717, 1.165) is 11.3 Å². The number of rotatable bonds is 4. The molecule has 1 atom stereocenters. The highest BCUT2D eigenvalue weighted by Gasteiger charge is 2.37. The minimum Gasteiger partial charge on any atom is -0.496 e. The highest BCUT2D eigenvalue weighted by molar-refractivity contribution is 6.20. The van der Waals surface area contributed by atoms with Crippen LogP contribution >= 0.6 is 11.6 Å². The third-order valence-electron chi connectivity index (χ3n) is 3.88. The lowest BCUT2D eigenvalue weighted by Crippen LogP contribution is -2.29. The Bertz CT molecular complexity index is 412. The lowest BCUT2D eigenvalue weighted by Gasteiger charge is -2.31. The van der Waals surface area contributed by atoms with Crippen molar-refractivity contribution in [2.75, 3.05) is 7.11 Å². The predicted octanol–water partition coefficient (Wildman–Crippen LogP) is 4.67. The Kier molecular flexibility index (Phi) is 4.67. The number of alkyl halides is 3. The zero-order chi connectivity index (χ0) is 13.9. The summed E-state index contributed by atoms with van der Waals surface area (Å²) < 4.78 is 31.5. The van der Waals surface area contributed by atoms with E-state index in [1.807, 2.05) is 24.3 Å². The second kappa shape index (κ2) is 6.08. The molecule has 1 fully saturated rings. The summed E-state index contributed by atoms with van der Waals surface area (Å²) in [6.45, 7) is 0. The smallest absolute Gasteiger partial charge is 0.248 e. The van der Waals surface area contributed by atoms with E-state index in [4.69, 9.17) is 16.3 Å². The highest BCUT2D eigenvalue weighted by atomic mass is 35.5. The van der Waals surface area contributed by atoms with Crippen molar-refractivity contribution in [1.29, 1.82) is 0 Å². The van der Waals surface area contributed by atoms with Gasteiger partial charge in [-0.3, -0.25) is 0 Å². The molecule has 1 aliphatic carbocycles. The van der Waals surface area contributed by atoms with Crippen LogP contribution in [0.15, 0.2) is 24.3 Å². The maximum absolute atomic E-state index is 13.1. The van der Waals surface area contributed by atoms with Crippen LogP contribution in [0.25, 0.3) is 0 Å². The summed E-state index contributed by atoms with van der Waals surface area (Å²) in [6.07, 6.45) is 1.62. The van der Waals surface area contributed by atoms with Crippen LogP contribution in [0.3, 0.4) is 0 Å². The monoisotopic (exact) mass is 288 g/mol. The molecule has 1 unspecified atom stereocenters. The quantitative estimate of drug-likeness (QED) is 0.732. The average Bonchev–Trinajstić information content (AvgIpc) is 2.39. The molecule has 0 saturated heterocycles. The summed E-state index contributed by atoms with van der Waals surface area (Å²) in [5.41, 5.74) is 1.04. The van der Waals surface area contributed by atoms with E-state index in [9.17, 15) is 8.78 Å². The van der Waals surface area contributed by atoms with Gasteiger partial charge in [-0.1, -0.05) is 18.2 Å². The SMILES string of the molecule is COc1ccccc1CC(Cl)C1CCC(F)(F)CC1. The number of para-hydroxylation sites is 1. The summed E-state index contributed by atoms with van der Waals surface area (Å²) in [5.74, 6) is -1.50. The molecule has 1 saturated carbocycles. The fourth-order valence-corrected chi connectivity index (χ4v) is 3.09. The minimum atomic E-state index is -2.49. The molecule has 1 aliphatic rings. The van der Waals surface area contributed by atoms with Gasteiger partial charge in [-0.15, -0.1) is 11.6 Å². The van der Waals surface area contributed by atoms with Crippen molar-refractivity contribution in [3.63, 3.8) is 0 Å². The standard InChI is InChI=1S/C15H19ClF2O/c1-19-14-5-3-2-4-12(14)10-13(16)11-6-8-15(17,18)9-7-11/h2-5,11,13H,6-10H2,1H3. The molecule has 1 aromatic carbocycles. The zero-order valence-electron chi connectivity index (χ0n) is 11.0. The van der Waals surface area contributed by atoms with Crippen LogP contribution in [0.2, 0.25) is 0 Å². The fraction of sp³-hybridized carbons (Fsp3) is 0.600. The third-order valence-corrected chi connectivity index (χ3v) is 4.39. The molecule has 0 spiro atoms. The van der Waals surface area contributed by atoms with Gasteiger partial charge in [0.1, 0.15) is 5.75 Å². The average molecular weight is 289 g/mol. The summed E-state index contributed by atoms with van der Waals surface area (Å²) in [4.78, 5) is 0. The predicted molar refractivity (Wildman–Crippen MR) is 73.2 cm³/mol. The molecular weight excluding hydrogens is 270 g/mol. The van der Waals surface area contributed by atoms with Gasteiger partial charge in [-0.05, 0) is 36.8 Å². The van der Waals surface area contributed by atoms with Gasteiger partial charge in [0.15, 0.2) is 0 Å². The van der Waals surface area contributed by atoms with Crippen LogP contribution < -0.4 is 4.74 Å². The van der Waals surface area contributed by atoms with Gasteiger partial charge in [-0.2, -0.15) is 0 Å². The number of methoxy groups -OCH3 is 1. The molecule has 4 heteroatoms. The van der Waals surface area contributed by atoms with Gasteiger partial charge >= 0.3 is 0 Å². The zero-order valence-corrected chi connectivity index (χ0v) is 11.8. The number of hydrogen-bond donors (Lipinski definition) is 0. The van der Waals surface area contributed by atoms with E-state index in [0.29, 0.717) is 19.3 Å². The highest BCUT2D eigenvalue weighted by Crippen LogP contribution is 2.39. The van der Waals surface area contributed by atoms with Gasteiger partial charge in [0.05, 0.1) is 7.11 Å². The van der Waals surface area contributed by atoms with E-state index < -0.39 is 5.92 Å². The molecule has 0 radical (unpaired) electrons. The van der Waals surface area contributed by atoms with E-state index in [1.165, 1.54) is 0 Å². The molecule has 0 N–H and O–H groups in total. The lowest BCUT2D eigenvalue weighted by atomic mass is 9.83. The van der Waals surface area contributed by atoms with Crippen molar-refractivity contribution in [2.24, 2.45) is 5.92 Å². The van der Waals surface area contributed by atoms with Crippen molar-refractivity contribution in [2.45, 2.75) is 43.4 Å². The Morgan fingerprint density at radius 2 is 1.95 bits per heavy atom. The van der Waals surface area contributed by atoms with Gasteiger partial charge in [-0.25, -0.2) is 8.78 Å². The molecular formula is C15H19ClF2O. The molecule has 1 nitrogen and oxygen atoms in total. The van der Waals surface area contributed by atoms with Gasteiger partial charge in [0.25, 0.3) is 0 Å². The lowest BCUT2D eigenvalue weighted by molar-refractivity contribution is -0.0460. The maximum atomic E-state index is 13.1. The van der Waals surface area contributed by atoms with Crippen LogP contribution in [0.5, 0.6) is 5.75 Å². The van der Waals surface area contributed by atoms with Crippen LogP contribution in [-0.2, 0) is 6.42 Å². The summed E-state index contributed by atoms with van der Waals surface area (Å²) in [5, 5.41) is -0.104. The molecule has 0 bridgehead atoms. The van der Waals surface area contributed by atoms with Crippen molar-refractivity contribution >= 4 is 11.6 Å². The summed E-state index contributed by atoms with van der Waals surface area (Å²) in [7, 11) is 1.63. The minimum absolute atomic E-state index is 0.0349. The first kappa shape index (κ1) is 14.6. The molecule has 19 heavy (non-hydrogen) atoms. The topological polar surface area (TPSA) is 9.23 Å². The van der Waals surface area contributed by atoms with E-state index >= 15 is 0 Å². The number of hydrogen-bond acceptors (Lipinski definition) is 1. The van der Waals surface area contributed by atoms with Crippen LogP contribution in [0.4, 0.5) is 8.78 Å². The molecule has 0 aromatic heterocycles. The Hall–Kier alpha value is -0.830. The van der Waals surface area contributed by atoms with Crippen LogP contribution in [0, 0.1) is 5.92 Å². The molecule has 0 aliphatic heterocycles. The normalized spacial score (nSPS) is 21.1. The number of ether oxygens (including phenoxy) is 1. The summed E-state index contributed by atoms with van der Waals surface area (Å²) >= 11 is 6.42. The van der Waals surface area contributed by atoms with Crippen molar-refractivity contribution < 1.29 is 13.5 Å². The Morgan fingerprint density at radius 3 is 2.58 bits per heavy atom.